The maximum atomic E-state index is 4.72. The minimum atomic E-state index is 0.0714. The number of hydrogen-bond donors (Lipinski definition) is 0. The molecule has 0 amide bonds. The topological polar surface area (TPSA) is 30.7 Å². The van der Waals surface area contributed by atoms with Gasteiger partial charge in [0.15, 0.2) is 5.82 Å². The number of rotatable bonds is 3. The molecular weight excluding hydrogens is 294 g/mol. The second-order valence-electron chi connectivity index (χ2n) is 7.29. The SMILES string of the molecule is CC(c1ccc2ccccc2c1)C1(c2ncn(C)n2)CCCCC1. The van der Waals surface area contributed by atoms with Crippen LogP contribution in [-0.4, -0.2) is 14.8 Å². The highest BCUT2D eigenvalue weighted by atomic mass is 15.3. The van der Waals surface area contributed by atoms with Gasteiger partial charge in [-0.05, 0) is 35.1 Å². The fourth-order valence-electron chi connectivity index (χ4n) is 4.40. The Hall–Kier alpha value is -2.16. The van der Waals surface area contributed by atoms with Gasteiger partial charge in [0.1, 0.15) is 6.33 Å². The molecule has 3 nitrogen and oxygen atoms in total. The van der Waals surface area contributed by atoms with Gasteiger partial charge in [-0.3, -0.25) is 4.68 Å². The molecule has 1 aromatic heterocycles. The number of nitrogens with zero attached hydrogens (tertiary/aromatic N) is 3. The summed E-state index contributed by atoms with van der Waals surface area (Å²) >= 11 is 0. The van der Waals surface area contributed by atoms with Crippen LogP contribution in [0.25, 0.3) is 10.8 Å². The summed E-state index contributed by atoms with van der Waals surface area (Å²) in [4.78, 5) is 4.67. The fourth-order valence-corrected chi connectivity index (χ4v) is 4.40. The van der Waals surface area contributed by atoms with Crippen molar-refractivity contribution in [3.63, 3.8) is 0 Å². The third-order valence-electron chi connectivity index (χ3n) is 5.89. The first-order chi connectivity index (χ1) is 11.7. The lowest BCUT2D eigenvalue weighted by atomic mass is 9.64. The summed E-state index contributed by atoms with van der Waals surface area (Å²) in [7, 11) is 1.97. The lowest BCUT2D eigenvalue weighted by Gasteiger charge is -2.40. The third kappa shape index (κ3) is 2.52. The van der Waals surface area contributed by atoms with Crippen molar-refractivity contribution in [2.24, 2.45) is 7.05 Å². The van der Waals surface area contributed by atoms with Crippen LogP contribution in [-0.2, 0) is 12.5 Å². The van der Waals surface area contributed by atoms with E-state index in [1.165, 1.54) is 48.4 Å². The summed E-state index contributed by atoms with van der Waals surface area (Å²) in [6.45, 7) is 2.37. The van der Waals surface area contributed by atoms with E-state index in [4.69, 9.17) is 5.10 Å². The van der Waals surface area contributed by atoms with Crippen molar-refractivity contribution < 1.29 is 0 Å². The minimum absolute atomic E-state index is 0.0714. The molecule has 0 bridgehead atoms. The molecule has 0 aliphatic heterocycles. The van der Waals surface area contributed by atoms with Crippen LogP contribution in [0.15, 0.2) is 48.8 Å². The molecule has 124 valence electrons. The van der Waals surface area contributed by atoms with Crippen LogP contribution in [0.3, 0.4) is 0 Å². The molecule has 24 heavy (non-hydrogen) atoms. The lowest BCUT2D eigenvalue weighted by molar-refractivity contribution is 0.237. The van der Waals surface area contributed by atoms with Crippen LogP contribution in [0, 0.1) is 0 Å². The van der Waals surface area contributed by atoms with Gasteiger partial charge in [0.2, 0.25) is 0 Å². The highest BCUT2D eigenvalue weighted by Gasteiger charge is 2.42. The molecule has 0 radical (unpaired) electrons. The Morgan fingerprint density at radius 2 is 1.75 bits per heavy atom. The summed E-state index contributed by atoms with van der Waals surface area (Å²) in [5.41, 5.74) is 1.48. The van der Waals surface area contributed by atoms with E-state index in [1.807, 2.05) is 18.1 Å². The average molecular weight is 319 g/mol. The van der Waals surface area contributed by atoms with Gasteiger partial charge in [0.25, 0.3) is 0 Å². The van der Waals surface area contributed by atoms with Crippen LogP contribution >= 0.6 is 0 Å². The molecule has 1 aliphatic rings. The molecule has 4 rings (SSSR count). The standard InChI is InChI=1S/C21H25N3/c1-16(18-11-10-17-8-4-5-9-19(17)14-18)21(12-6-3-7-13-21)20-22-15-24(2)23-20/h4-5,8-11,14-16H,3,6-7,12-13H2,1-2H3. The molecule has 3 aromatic rings. The van der Waals surface area contributed by atoms with E-state index in [2.05, 4.69) is 54.4 Å². The Kier molecular flexibility index (Phi) is 3.87. The lowest BCUT2D eigenvalue weighted by Crippen LogP contribution is -2.36. The predicted octanol–water partition coefficient (Wildman–Crippen LogP) is 4.97. The zero-order valence-electron chi connectivity index (χ0n) is 14.6. The maximum absolute atomic E-state index is 4.72. The van der Waals surface area contributed by atoms with E-state index in [9.17, 15) is 0 Å². The predicted molar refractivity (Wildman–Crippen MR) is 98.1 cm³/mol. The summed E-state index contributed by atoms with van der Waals surface area (Å²) in [5, 5.41) is 7.35. The van der Waals surface area contributed by atoms with E-state index >= 15 is 0 Å². The Bertz CT molecular complexity index is 843. The zero-order chi connectivity index (χ0) is 16.6. The van der Waals surface area contributed by atoms with Crippen LogP contribution in [0.2, 0.25) is 0 Å². The summed E-state index contributed by atoms with van der Waals surface area (Å²) in [5.74, 6) is 1.45. The highest BCUT2D eigenvalue weighted by molar-refractivity contribution is 5.83. The van der Waals surface area contributed by atoms with Crippen molar-refractivity contribution >= 4 is 10.8 Å². The molecule has 1 heterocycles. The van der Waals surface area contributed by atoms with E-state index in [-0.39, 0.29) is 5.41 Å². The average Bonchev–Trinajstić information content (AvgIpc) is 3.08. The monoisotopic (exact) mass is 319 g/mol. The Labute approximate surface area is 143 Å². The molecule has 1 saturated carbocycles. The largest absolute Gasteiger partial charge is 0.256 e. The number of benzene rings is 2. The number of aromatic nitrogens is 3. The van der Waals surface area contributed by atoms with Gasteiger partial charge in [-0.15, -0.1) is 0 Å². The van der Waals surface area contributed by atoms with Crippen molar-refractivity contribution in [3.05, 3.63) is 60.2 Å². The van der Waals surface area contributed by atoms with Crippen LogP contribution in [0.4, 0.5) is 0 Å². The number of aryl methyl sites for hydroxylation is 1. The molecule has 0 N–H and O–H groups in total. The summed E-state index contributed by atoms with van der Waals surface area (Å²) in [6, 6.07) is 15.5. The van der Waals surface area contributed by atoms with Gasteiger partial charge in [0.05, 0.1) is 0 Å². The van der Waals surface area contributed by atoms with Crippen LogP contribution < -0.4 is 0 Å². The van der Waals surface area contributed by atoms with Crippen molar-refractivity contribution in [1.82, 2.24) is 14.8 Å². The van der Waals surface area contributed by atoms with Gasteiger partial charge in [-0.25, -0.2) is 4.98 Å². The molecular formula is C21H25N3. The third-order valence-corrected chi connectivity index (χ3v) is 5.89. The van der Waals surface area contributed by atoms with Crippen LogP contribution in [0.1, 0.15) is 56.3 Å². The molecule has 1 aliphatic carbocycles. The van der Waals surface area contributed by atoms with Gasteiger partial charge in [-0.2, -0.15) is 5.10 Å². The van der Waals surface area contributed by atoms with E-state index in [1.54, 1.807) is 0 Å². The second-order valence-corrected chi connectivity index (χ2v) is 7.29. The molecule has 2 aromatic carbocycles. The van der Waals surface area contributed by atoms with Crippen LogP contribution in [0.5, 0.6) is 0 Å². The molecule has 1 atom stereocenters. The van der Waals surface area contributed by atoms with Crippen molar-refractivity contribution in [2.45, 2.75) is 50.4 Å². The fraction of sp³-hybridized carbons (Fsp3) is 0.429. The van der Waals surface area contributed by atoms with Gasteiger partial charge < -0.3 is 0 Å². The van der Waals surface area contributed by atoms with Crippen molar-refractivity contribution in [2.75, 3.05) is 0 Å². The van der Waals surface area contributed by atoms with E-state index in [0.717, 1.165) is 5.82 Å². The number of fused-ring (bicyclic) bond motifs is 1. The second kappa shape index (κ2) is 6.04. The van der Waals surface area contributed by atoms with Crippen molar-refractivity contribution in [1.29, 1.82) is 0 Å². The van der Waals surface area contributed by atoms with Gasteiger partial charge >= 0.3 is 0 Å². The molecule has 3 heteroatoms. The quantitative estimate of drug-likeness (QED) is 0.682. The highest BCUT2D eigenvalue weighted by Crippen LogP contribution is 2.48. The first kappa shape index (κ1) is 15.4. The van der Waals surface area contributed by atoms with Gasteiger partial charge in [-0.1, -0.05) is 68.7 Å². The first-order valence-corrected chi connectivity index (χ1v) is 9.04. The smallest absolute Gasteiger partial charge is 0.157 e. The van der Waals surface area contributed by atoms with E-state index in [0.29, 0.717) is 5.92 Å². The molecule has 0 spiro atoms. The van der Waals surface area contributed by atoms with Gasteiger partial charge in [0, 0.05) is 12.5 Å². The Morgan fingerprint density at radius 1 is 1.00 bits per heavy atom. The summed E-state index contributed by atoms with van der Waals surface area (Å²) < 4.78 is 1.85. The molecule has 1 fully saturated rings. The first-order valence-electron chi connectivity index (χ1n) is 9.04. The zero-order valence-corrected chi connectivity index (χ0v) is 14.6. The molecule has 1 unspecified atom stereocenters. The molecule has 0 saturated heterocycles. The summed E-state index contributed by atoms with van der Waals surface area (Å²) in [6.07, 6.45) is 8.10. The Morgan fingerprint density at radius 3 is 2.46 bits per heavy atom. The van der Waals surface area contributed by atoms with E-state index < -0.39 is 0 Å². The van der Waals surface area contributed by atoms with Crippen molar-refractivity contribution in [3.8, 4) is 0 Å². The Balaban J connectivity index is 1.78. The normalized spacial score (nSPS) is 18.6. The maximum Gasteiger partial charge on any atom is 0.157 e. The minimum Gasteiger partial charge on any atom is -0.256 e. The number of hydrogen-bond acceptors (Lipinski definition) is 2.